The van der Waals surface area contributed by atoms with Gasteiger partial charge in [0.25, 0.3) is 0 Å². The van der Waals surface area contributed by atoms with E-state index >= 15 is 0 Å². The van der Waals surface area contributed by atoms with Crippen LogP contribution in [-0.4, -0.2) is 25.3 Å². The fraction of sp³-hybridized carbons (Fsp3) is 0.550. The van der Waals surface area contributed by atoms with Crippen LogP contribution in [-0.2, 0) is 9.47 Å². The minimum atomic E-state index is -0.284. The Morgan fingerprint density at radius 1 is 1.22 bits per heavy atom. The standard InChI is InChI=1S/C18H22O3.C2H6/c1-13(17-11-15-7-8-16(15)12-17)20-9-10-21-18(19)14-5-3-2-4-6-14;1-2/h2-6,11,13,16-17H,7-10,12H2,1H3;1-2H3. The van der Waals surface area contributed by atoms with Crippen molar-refractivity contribution < 1.29 is 14.3 Å². The third kappa shape index (κ3) is 4.68. The van der Waals surface area contributed by atoms with Gasteiger partial charge in [-0.3, -0.25) is 0 Å². The Bertz CT molecular complexity index is 521. The lowest BCUT2D eigenvalue weighted by molar-refractivity contribution is -0.00103. The molecule has 126 valence electrons. The SMILES string of the molecule is CC.CC(OCCOC(=O)c1ccccc1)C1C=C2CCC2C1. The Labute approximate surface area is 139 Å². The van der Waals surface area contributed by atoms with E-state index in [0.29, 0.717) is 24.7 Å². The first kappa shape index (κ1) is 17.7. The van der Waals surface area contributed by atoms with Crippen LogP contribution in [0.3, 0.4) is 0 Å². The number of fused-ring (bicyclic) bond motifs is 1. The van der Waals surface area contributed by atoms with E-state index in [9.17, 15) is 4.79 Å². The Balaban J connectivity index is 0.000000924. The van der Waals surface area contributed by atoms with Crippen molar-refractivity contribution >= 4 is 5.97 Å². The van der Waals surface area contributed by atoms with Crippen LogP contribution in [0.15, 0.2) is 42.0 Å². The highest BCUT2D eigenvalue weighted by molar-refractivity contribution is 5.89. The number of carbonyl (C=O) groups excluding carboxylic acids is 1. The second-order valence-electron chi connectivity index (χ2n) is 5.95. The largest absolute Gasteiger partial charge is 0.460 e. The summed E-state index contributed by atoms with van der Waals surface area (Å²) in [5.41, 5.74) is 2.22. The second kappa shape index (κ2) is 8.88. The van der Waals surface area contributed by atoms with Gasteiger partial charge < -0.3 is 9.47 Å². The third-order valence-corrected chi connectivity index (χ3v) is 4.60. The molecule has 3 rings (SSSR count). The molecular weight excluding hydrogens is 288 g/mol. The maximum Gasteiger partial charge on any atom is 0.338 e. The highest BCUT2D eigenvalue weighted by Crippen LogP contribution is 2.45. The quantitative estimate of drug-likeness (QED) is 0.436. The van der Waals surface area contributed by atoms with Crippen LogP contribution in [0.1, 0.15) is 50.4 Å². The maximum atomic E-state index is 11.8. The average molecular weight is 316 g/mol. The first-order chi connectivity index (χ1) is 11.2. The average Bonchev–Trinajstić information content (AvgIpc) is 2.89. The molecule has 1 saturated carbocycles. The molecule has 0 aromatic heterocycles. The number of allylic oxidation sites excluding steroid dienone is 1. The van der Waals surface area contributed by atoms with Crippen molar-refractivity contribution in [3.05, 3.63) is 47.5 Å². The normalized spacial score (nSPS) is 22.8. The summed E-state index contributed by atoms with van der Waals surface area (Å²) in [7, 11) is 0. The van der Waals surface area contributed by atoms with Gasteiger partial charge in [0, 0.05) is 5.92 Å². The van der Waals surface area contributed by atoms with Gasteiger partial charge in [-0.2, -0.15) is 0 Å². The topological polar surface area (TPSA) is 35.5 Å². The van der Waals surface area contributed by atoms with E-state index in [0.717, 1.165) is 5.92 Å². The molecule has 0 bridgehead atoms. The molecule has 23 heavy (non-hydrogen) atoms. The van der Waals surface area contributed by atoms with Crippen LogP contribution in [0, 0.1) is 11.8 Å². The van der Waals surface area contributed by atoms with Crippen LogP contribution in [0.25, 0.3) is 0 Å². The van der Waals surface area contributed by atoms with Gasteiger partial charge in [0.1, 0.15) is 6.61 Å². The van der Waals surface area contributed by atoms with E-state index in [1.807, 2.05) is 32.0 Å². The van der Waals surface area contributed by atoms with E-state index in [2.05, 4.69) is 13.0 Å². The lowest BCUT2D eigenvalue weighted by Gasteiger charge is -2.25. The Morgan fingerprint density at radius 3 is 2.52 bits per heavy atom. The Hall–Kier alpha value is -1.61. The summed E-state index contributed by atoms with van der Waals surface area (Å²) in [5.74, 6) is 1.09. The minimum absolute atomic E-state index is 0.207. The van der Waals surface area contributed by atoms with Gasteiger partial charge >= 0.3 is 5.97 Å². The molecule has 0 N–H and O–H groups in total. The van der Waals surface area contributed by atoms with Crippen LogP contribution in [0.4, 0.5) is 0 Å². The lowest BCUT2D eigenvalue weighted by Crippen LogP contribution is -2.22. The predicted octanol–water partition coefficient (Wildman–Crippen LogP) is 4.63. The molecule has 0 heterocycles. The van der Waals surface area contributed by atoms with Gasteiger partial charge in [0.2, 0.25) is 0 Å². The van der Waals surface area contributed by atoms with E-state index in [1.165, 1.54) is 19.3 Å². The molecule has 1 aromatic rings. The summed E-state index contributed by atoms with van der Waals surface area (Å²) in [6.45, 7) is 6.89. The summed E-state index contributed by atoms with van der Waals surface area (Å²) in [4.78, 5) is 11.8. The molecule has 1 fully saturated rings. The summed E-state index contributed by atoms with van der Waals surface area (Å²) in [6.07, 6.45) is 6.47. The van der Waals surface area contributed by atoms with Gasteiger partial charge in [-0.25, -0.2) is 4.79 Å². The van der Waals surface area contributed by atoms with Crippen molar-refractivity contribution in [1.29, 1.82) is 0 Å². The van der Waals surface area contributed by atoms with Crippen molar-refractivity contribution in [2.24, 2.45) is 11.8 Å². The van der Waals surface area contributed by atoms with Crippen molar-refractivity contribution in [3.8, 4) is 0 Å². The van der Waals surface area contributed by atoms with Gasteiger partial charge in [-0.15, -0.1) is 0 Å². The second-order valence-corrected chi connectivity index (χ2v) is 5.95. The Kier molecular flexibility index (Phi) is 6.85. The molecule has 2 aliphatic rings. The molecular formula is C20H28O3. The number of hydrogen-bond donors (Lipinski definition) is 0. The van der Waals surface area contributed by atoms with Crippen molar-refractivity contribution in [1.82, 2.24) is 0 Å². The zero-order valence-electron chi connectivity index (χ0n) is 14.5. The summed E-state index contributed by atoms with van der Waals surface area (Å²) >= 11 is 0. The highest BCUT2D eigenvalue weighted by Gasteiger charge is 2.34. The van der Waals surface area contributed by atoms with Gasteiger partial charge in [0.05, 0.1) is 18.3 Å². The predicted molar refractivity (Wildman–Crippen MR) is 92.4 cm³/mol. The Morgan fingerprint density at radius 2 is 1.96 bits per heavy atom. The van der Waals surface area contributed by atoms with E-state index in [4.69, 9.17) is 9.47 Å². The molecule has 0 aliphatic heterocycles. The van der Waals surface area contributed by atoms with Gasteiger partial charge in [-0.1, -0.05) is 43.7 Å². The highest BCUT2D eigenvalue weighted by atomic mass is 16.6. The lowest BCUT2D eigenvalue weighted by atomic mass is 9.81. The monoisotopic (exact) mass is 316 g/mol. The molecule has 3 heteroatoms. The molecule has 0 radical (unpaired) electrons. The van der Waals surface area contributed by atoms with Crippen LogP contribution in [0.5, 0.6) is 0 Å². The first-order valence-electron chi connectivity index (χ1n) is 8.78. The summed E-state index contributed by atoms with van der Waals surface area (Å²) in [5, 5.41) is 0. The molecule has 3 unspecified atom stereocenters. The number of benzene rings is 1. The van der Waals surface area contributed by atoms with E-state index in [1.54, 1.807) is 17.7 Å². The molecule has 0 saturated heterocycles. The van der Waals surface area contributed by atoms with Crippen LogP contribution < -0.4 is 0 Å². The van der Waals surface area contributed by atoms with Crippen molar-refractivity contribution in [3.63, 3.8) is 0 Å². The minimum Gasteiger partial charge on any atom is -0.460 e. The smallest absolute Gasteiger partial charge is 0.338 e. The first-order valence-corrected chi connectivity index (χ1v) is 8.78. The van der Waals surface area contributed by atoms with Crippen molar-refractivity contribution in [2.75, 3.05) is 13.2 Å². The van der Waals surface area contributed by atoms with Gasteiger partial charge in [0.15, 0.2) is 0 Å². The van der Waals surface area contributed by atoms with Crippen LogP contribution in [0.2, 0.25) is 0 Å². The summed E-state index contributed by atoms with van der Waals surface area (Å²) in [6, 6.07) is 9.05. The molecule has 2 aliphatic carbocycles. The molecule has 1 aromatic carbocycles. The molecule has 3 atom stereocenters. The number of carbonyl (C=O) groups is 1. The fourth-order valence-electron chi connectivity index (χ4n) is 3.15. The third-order valence-electron chi connectivity index (χ3n) is 4.60. The fourth-order valence-corrected chi connectivity index (χ4v) is 3.15. The molecule has 0 amide bonds. The zero-order chi connectivity index (χ0) is 16.7. The number of rotatable bonds is 6. The molecule has 0 spiro atoms. The maximum absolute atomic E-state index is 11.8. The van der Waals surface area contributed by atoms with E-state index in [-0.39, 0.29) is 12.1 Å². The van der Waals surface area contributed by atoms with E-state index < -0.39 is 0 Å². The number of hydrogen-bond acceptors (Lipinski definition) is 3. The van der Waals surface area contributed by atoms with Crippen LogP contribution >= 0.6 is 0 Å². The number of ether oxygens (including phenoxy) is 2. The summed E-state index contributed by atoms with van der Waals surface area (Å²) < 4.78 is 11.0. The zero-order valence-corrected chi connectivity index (χ0v) is 14.5. The van der Waals surface area contributed by atoms with Crippen molar-refractivity contribution in [2.45, 2.75) is 46.1 Å². The molecule has 3 nitrogen and oxygen atoms in total. The van der Waals surface area contributed by atoms with Gasteiger partial charge in [-0.05, 0) is 44.2 Å². The number of esters is 1.